The van der Waals surface area contributed by atoms with Gasteiger partial charge in [-0.05, 0) is 72.3 Å². The average Bonchev–Trinajstić information content (AvgIpc) is 3.04. The molecule has 26 heavy (non-hydrogen) atoms. The van der Waals surface area contributed by atoms with Crippen LogP contribution in [0.25, 0.3) is 6.08 Å². The van der Waals surface area contributed by atoms with Gasteiger partial charge in [0.1, 0.15) is 0 Å². The highest BCUT2D eigenvalue weighted by Gasteiger charge is 2.16. The SMILES string of the molecule is CCOc1c(Br)cc(C=CC(=O)Nc2nc3c(s2)CCCC3)cc1OC. The summed E-state index contributed by atoms with van der Waals surface area (Å²) in [5, 5.41) is 3.54. The number of hydrogen-bond acceptors (Lipinski definition) is 5. The minimum atomic E-state index is -0.194. The van der Waals surface area contributed by atoms with Gasteiger partial charge in [-0.15, -0.1) is 11.3 Å². The first-order chi connectivity index (χ1) is 12.6. The normalized spacial score (nSPS) is 13.5. The number of carbonyl (C=O) groups is 1. The van der Waals surface area contributed by atoms with Crippen LogP contribution in [0, 0.1) is 0 Å². The lowest BCUT2D eigenvalue weighted by molar-refractivity contribution is -0.111. The number of aryl methyl sites for hydroxylation is 2. The molecule has 7 heteroatoms. The maximum atomic E-state index is 12.2. The zero-order valence-corrected chi connectivity index (χ0v) is 17.2. The van der Waals surface area contributed by atoms with Crippen LogP contribution >= 0.6 is 27.3 Å². The van der Waals surface area contributed by atoms with E-state index in [9.17, 15) is 4.79 Å². The first-order valence-electron chi connectivity index (χ1n) is 8.58. The van der Waals surface area contributed by atoms with Gasteiger partial charge in [0, 0.05) is 11.0 Å². The maximum Gasteiger partial charge on any atom is 0.250 e. The summed E-state index contributed by atoms with van der Waals surface area (Å²) in [4.78, 5) is 18.0. The number of rotatable bonds is 6. The molecule has 0 unspecified atom stereocenters. The third-order valence-electron chi connectivity index (χ3n) is 4.04. The first kappa shape index (κ1) is 18.9. The summed E-state index contributed by atoms with van der Waals surface area (Å²) in [6.07, 6.45) is 7.71. The highest BCUT2D eigenvalue weighted by molar-refractivity contribution is 9.10. The molecule has 1 amide bonds. The molecule has 3 rings (SSSR count). The molecular weight excluding hydrogens is 416 g/mol. The van der Waals surface area contributed by atoms with Crippen molar-refractivity contribution in [1.82, 2.24) is 4.98 Å². The number of anilines is 1. The highest BCUT2D eigenvalue weighted by atomic mass is 79.9. The van der Waals surface area contributed by atoms with Gasteiger partial charge in [-0.1, -0.05) is 0 Å². The van der Waals surface area contributed by atoms with E-state index in [1.165, 1.54) is 23.8 Å². The minimum absolute atomic E-state index is 0.194. The summed E-state index contributed by atoms with van der Waals surface area (Å²) in [6, 6.07) is 3.72. The summed E-state index contributed by atoms with van der Waals surface area (Å²) in [6.45, 7) is 2.46. The number of nitrogens with one attached hydrogen (secondary N) is 1. The van der Waals surface area contributed by atoms with Gasteiger partial charge >= 0.3 is 0 Å². The number of carbonyl (C=O) groups excluding carboxylic acids is 1. The predicted molar refractivity (Wildman–Crippen MR) is 108 cm³/mol. The van der Waals surface area contributed by atoms with Crippen LogP contribution in [0.1, 0.15) is 35.9 Å². The van der Waals surface area contributed by atoms with E-state index in [0.29, 0.717) is 23.2 Å². The van der Waals surface area contributed by atoms with Crippen LogP contribution in [0.2, 0.25) is 0 Å². The molecule has 0 radical (unpaired) electrons. The number of ether oxygens (including phenoxy) is 2. The van der Waals surface area contributed by atoms with Crippen LogP contribution < -0.4 is 14.8 Å². The van der Waals surface area contributed by atoms with Crippen LogP contribution in [0.4, 0.5) is 5.13 Å². The smallest absolute Gasteiger partial charge is 0.250 e. The number of amides is 1. The fraction of sp³-hybridized carbons (Fsp3) is 0.368. The van der Waals surface area contributed by atoms with Gasteiger partial charge in [0.2, 0.25) is 5.91 Å². The van der Waals surface area contributed by atoms with Crippen molar-refractivity contribution in [2.45, 2.75) is 32.6 Å². The molecule has 1 aliphatic carbocycles. The molecule has 1 aromatic heterocycles. The van der Waals surface area contributed by atoms with Crippen molar-refractivity contribution < 1.29 is 14.3 Å². The van der Waals surface area contributed by atoms with Gasteiger partial charge < -0.3 is 9.47 Å². The second-order valence-corrected chi connectivity index (χ2v) is 7.82. The zero-order valence-electron chi connectivity index (χ0n) is 14.8. The second-order valence-electron chi connectivity index (χ2n) is 5.89. The minimum Gasteiger partial charge on any atom is -0.493 e. The monoisotopic (exact) mass is 436 g/mol. The Kier molecular flexibility index (Phi) is 6.32. The van der Waals surface area contributed by atoms with E-state index in [4.69, 9.17) is 9.47 Å². The molecule has 0 fully saturated rings. The lowest BCUT2D eigenvalue weighted by Gasteiger charge is -2.12. The number of aromatic nitrogens is 1. The number of fused-ring (bicyclic) bond motifs is 1. The van der Waals surface area contributed by atoms with Gasteiger partial charge in [0.05, 0.1) is 23.9 Å². The lowest BCUT2D eigenvalue weighted by atomic mass is 10.0. The standard InChI is InChI=1S/C19H21BrN2O3S/c1-3-25-18-13(20)10-12(11-15(18)24-2)8-9-17(23)22-19-21-14-6-4-5-7-16(14)26-19/h8-11H,3-7H2,1-2H3,(H,21,22,23). The summed E-state index contributed by atoms with van der Waals surface area (Å²) < 4.78 is 11.7. The van der Waals surface area contributed by atoms with Crippen molar-refractivity contribution in [1.29, 1.82) is 0 Å². The van der Waals surface area contributed by atoms with Crippen molar-refractivity contribution in [3.63, 3.8) is 0 Å². The molecule has 0 saturated carbocycles. The average molecular weight is 437 g/mol. The van der Waals surface area contributed by atoms with Gasteiger partial charge in [0.15, 0.2) is 16.6 Å². The van der Waals surface area contributed by atoms with Crippen LogP contribution in [-0.4, -0.2) is 24.6 Å². The lowest BCUT2D eigenvalue weighted by Crippen LogP contribution is -2.07. The molecule has 0 bridgehead atoms. The molecule has 1 N–H and O–H groups in total. The topological polar surface area (TPSA) is 60.5 Å². The predicted octanol–water partition coefficient (Wildman–Crippen LogP) is 4.84. The highest BCUT2D eigenvalue weighted by Crippen LogP contribution is 2.37. The largest absolute Gasteiger partial charge is 0.493 e. The Labute approximate surface area is 165 Å². The molecule has 138 valence electrons. The molecule has 0 saturated heterocycles. The Balaban J connectivity index is 1.69. The van der Waals surface area contributed by atoms with Crippen LogP contribution in [0.15, 0.2) is 22.7 Å². The van der Waals surface area contributed by atoms with E-state index in [2.05, 4.69) is 26.2 Å². The summed E-state index contributed by atoms with van der Waals surface area (Å²) >= 11 is 5.07. The van der Waals surface area contributed by atoms with Crippen molar-refractivity contribution in [2.24, 2.45) is 0 Å². The van der Waals surface area contributed by atoms with E-state index >= 15 is 0 Å². The first-order valence-corrected chi connectivity index (χ1v) is 10.2. The molecule has 0 spiro atoms. The quantitative estimate of drug-likeness (QED) is 0.657. The van der Waals surface area contributed by atoms with E-state index in [-0.39, 0.29) is 5.91 Å². The Morgan fingerprint density at radius 1 is 1.38 bits per heavy atom. The second kappa shape index (κ2) is 8.68. The Hall–Kier alpha value is -1.86. The third kappa shape index (κ3) is 4.45. The van der Waals surface area contributed by atoms with Crippen molar-refractivity contribution in [3.8, 4) is 11.5 Å². The van der Waals surface area contributed by atoms with Crippen LogP contribution in [0.3, 0.4) is 0 Å². The zero-order chi connectivity index (χ0) is 18.5. The maximum absolute atomic E-state index is 12.2. The summed E-state index contributed by atoms with van der Waals surface area (Å²) in [7, 11) is 1.59. The number of benzene rings is 1. The number of nitrogens with zero attached hydrogens (tertiary/aromatic N) is 1. The summed E-state index contributed by atoms with van der Waals surface area (Å²) in [5.74, 6) is 1.08. The van der Waals surface area contributed by atoms with Crippen molar-refractivity contribution >= 4 is 44.4 Å². The van der Waals surface area contributed by atoms with Crippen LogP contribution in [-0.2, 0) is 17.6 Å². The van der Waals surface area contributed by atoms with Crippen molar-refractivity contribution in [2.75, 3.05) is 19.0 Å². The number of methoxy groups -OCH3 is 1. The Morgan fingerprint density at radius 2 is 2.19 bits per heavy atom. The van der Waals surface area contributed by atoms with Gasteiger partial charge in [0.25, 0.3) is 0 Å². The van der Waals surface area contributed by atoms with Crippen LogP contribution in [0.5, 0.6) is 11.5 Å². The van der Waals surface area contributed by atoms with E-state index in [1.54, 1.807) is 24.5 Å². The fourth-order valence-electron chi connectivity index (χ4n) is 2.84. The molecule has 5 nitrogen and oxygen atoms in total. The Morgan fingerprint density at radius 3 is 2.92 bits per heavy atom. The van der Waals surface area contributed by atoms with E-state index in [0.717, 1.165) is 28.6 Å². The molecule has 2 aromatic rings. The van der Waals surface area contributed by atoms with E-state index < -0.39 is 0 Å². The number of halogens is 1. The van der Waals surface area contributed by atoms with Gasteiger partial charge in [-0.2, -0.15) is 0 Å². The van der Waals surface area contributed by atoms with E-state index in [1.807, 2.05) is 19.1 Å². The summed E-state index contributed by atoms with van der Waals surface area (Å²) in [5.41, 5.74) is 1.98. The molecule has 1 heterocycles. The number of hydrogen-bond donors (Lipinski definition) is 1. The molecule has 1 aliphatic rings. The molecule has 1 aromatic carbocycles. The molecular formula is C19H21BrN2O3S. The molecule has 0 aliphatic heterocycles. The van der Waals surface area contributed by atoms with Crippen molar-refractivity contribution in [3.05, 3.63) is 38.8 Å². The Bertz CT molecular complexity index is 809. The fourth-order valence-corrected chi connectivity index (χ4v) is 4.47. The number of thiazole rings is 1. The third-order valence-corrected chi connectivity index (χ3v) is 5.71. The molecule has 0 atom stereocenters. The van der Waals surface area contributed by atoms with Gasteiger partial charge in [-0.3, -0.25) is 10.1 Å². The van der Waals surface area contributed by atoms with Gasteiger partial charge in [-0.25, -0.2) is 4.98 Å².